The van der Waals surface area contributed by atoms with Crippen LogP contribution in [0.3, 0.4) is 0 Å². The van der Waals surface area contributed by atoms with Crippen molar-refractivity contribution < 1.29 is 18.9 Å². The zero-order valence-electron chi connectivity index (χ0n) is 20.2. The molecule has 1 unspecified atom stereocenters. The number of hydrogen-bond acceptors (Lipinski definition) is 3. The predicted molar refractivity (Wildman–Crippen MR) is 133 cm³/mol. The van der Waals surface area contributed by atoms with E-state index in [9.17, 15) is 4.57 Å². The summed E-state index contributed by atoms with van der Waals surface area (Å²) in [5, 5.41) is 0. The molecule has 0 spiro atoms. The van der Waals surface area contributed by atoms with Crippen LogP contribution >= 0.6 is 19.6 Å². The largest absolute Gasteiger partial charge is 0.469 e. The Hall–Kier alpha value is 0.460. The molecule has 0 bridgehead atoms. The fraction of sp³-hybridized carbons (Fsp3) is 1.00. The van der Waals surface area contributed by atoms with E-state index in [1.807, 2.05) is 11.8 Å². The summed E-state index contributed by atoms with van der Waals surface area (Å²) in [5.41, 5.74) is 0. The van der Waals surface area contributed by atoms with Crippen LogP contribution in [0.5, 0.6) is 0 Å². The molecule has 0 fully saturated rings. The average molecular weight is 467 g/mol. The van der Waals surface area contributed by atoms with Gasteiger partial charge in [-0.1, -0.05) is 117 Å². The molecule has 0 aromatic rings. The van der Waals surface area contributed by atoms with Crippen molar-refractivity contribution in [3.05, 3.63) is 0 Å². The van der Waals surface area contributed by atoms with Crippen molar-refractivity contribution in [2.24, 2.45) is 11.8 Å². The number of thioether (sulfide) groups is 1. The van der Waals surface area contributed by atoms with Gasteiger partial charge in [-0.25, -0.2) is 4.57 Å². The molecular formula is C24H51O4PS. The summed E-state index contributed by atoms with van der Waals surface area (Å²) >= 11 is 1.89. The fourth-order valence-electron chi connectivity index (χ4n) is 3.61. The molecule has 0 aliphatic heterocycles. The van der Waals surface area contributed by atoms with Gasteiger partial charge in [-0.3, -0.25) is 4.52 Å². The summed E-state index contributed by atoms with van der Waals surface area (Å²) in [7, 11) is -4.35. The van der Waals surface area contributed by atoms with Crippen LogP contribution < -0.4 is 0 Å². The first kappa shape index (κ1) is 30.5. The van der Waals surface area contributed by atoms with Gasteiger partial charge in [0.1, 0.15) is 0 Å². The van der Waals surface area contributed by atoms with E-state index in [1.165, 1.54) is 103 Å². The maximum atomic E-state index is 10.9. The summed E-state index contributed by atoms with van der Waals surface area (Å²) in [5.74, 6) is 2.62. The van der Waals surface area contributed by atoms with Crippen molar-refractivity contribution in [2.45, 2.75) is 124 Å². The van der Waals surface area contributed by atoms with E-state index in [2.05, 4.69) is 20.8 Å². The zero-order valence-corrected chi connectivity index (χ0v) is 21.9. The molecule has 0 rings (SSSR count). The number of phosphoric ester groups is 1. The third-order valence-electron chi connectivity index (χ3n) is 5.87. The van der Waals surface area contributed by atoms with Crippen molar-refractivity contribution in [1.29, 1.82) is 0 Å². The van der Waals surface area contributed by atoms with Crippen LogP contribution in [0, 0.1) is 11.8 Å². The van der Waals surface area contributed by atoms with Gasteiger partial charge in [0.15, 0.2) is 0 Å². The Bertz CT molecular complexity index is 401. The van der Waals surface area contributed by atoms with Crippen LogP contribution in [-0.4, -0.2) is 27.9 Å². The Morgan fingerprint density at radius 3 is 1.50 bits per heavy atom. The van der Waals surface area contributed by atoms with Crippen molar-refractivity contribution in [3.8, 4) is 0 Å². The Morgan fingerprint density at radius 2 is 1.13 bits per heavy atom. The van der Waals surface area contributed by atoms with Gasteiger partial charge in [-0.2, -0.15) is 11.8 Å². The third-order valence-corrected chi connectivity index (χ3v) is 7.60. The second-order valence-corrected chi connectivity index (χ2v) is 11.6. The van der Waals surface area contributed by atoms with E-state index in [0.717, 1.165) is 11.5 Å². The highest BCUT2D eigenvalue weighted by atomic mass is 32.2. The molecular weight excluding hydrogens is 415 g/mol. The molecule has 0 amide bonds. The van der Waals surface area contributed by atoms with Crippen molar-refractivity contribution >= 4 is 19.6 Å². The molecule has 4 nitrogen and oxygen atoms in total. The molecule has 30 heavy (non-hydrogen) atoms. The third kappa shape index (κ3) is 23.1. The number of phosphoric acid groups is 1. The topological polar surface area (TPSA) is 66.8 Å². The van der Waals surface area contributed by atoms with Gasteiger partial charge < -0.3 is 9.79 Å². The molecule has 182 valence electrons. The lowest BCUT2D eigenvalue weighted by Crippen LogP contribution is -2.18. The lowest BCUT2D eigenvalue weighted by Gasteiger charge is -2.20. The standard InChI is InChI=1S/C24H51O4PS/c1-4-5-6-7-8-9-10-11-12-13-14-15-16-17-18-19-20-30-22-24(23(2)3)21-28-29(25,26)27/h23-24H,4-22H2,1-3H3,(H2,25,26,27). The van der Waals surface area contributed by atoms with Gasteiger partial charge in [-0.15, -0.1) is 0 Å². The first-order valence-electron chi connectivity index (χ1n) is 12.6. The fourth-order valence-corrected chi connectivity index (χ4v) is 5.36. The van der Waals surface area contributed by atoms with E-state index in [1.54, 1.807) is 0 Å². The van der Waals surface area contributed by atoms with Gasteiger partial charge in [0.25, 0.3) is 0 Å². The average Bonchev–Trinajstić information content (AvgIpc) is 2.68. The predicted octanol–water partition coefficient (Wildman–Crippen LogP) is 8.36. The minimum absolute atomic E-state index is 0.147. The minimum Gasteiger partial charge on any atom is -0.303 e. The van der Waals surface area contributed by atoms with Crippen LogP contribution in [0.4, 0.5) is 0 Å². The molecule has 0 aromatic carbocycles. The molecule has 0 heterocycles. The van der Waals surface area contributed by atoms with E-state index >= 15 is 0 Å². The zero-order chi connectivity index (χ0) is 22.5. The highest BCUT2D eigenvalue weighted by Crippen LogP contribution is 2.37. The summed E-state index contributed by atoms with van der Waals surface area (Å²) < 4.78 is 15.6. The number of hydrogen-bond donors (Lipinski definition) is 2. The summed E-state index contributed by atoms with van der Waals surface area (Å²) in [6, 6.07) is 0. The van der Waals surface area contributed by atoms with Crippen molar-refractivity contribution in [3.63, 3.8) is 0 Å². The van der Waals surface area contributed by atoms with Crippen LogP contribution in [-0.2, 0) is 9.09 Å². The van der Waals surface area contributed by atoms with Crippen molar-refractivity contribution in [2.75, 3.05) is 18.1 Å². The SMILES string of the molecule is CCCCCCCCCCCCCCCCCCSCC(COP(=O)(O)O)C(C)C. The highest BCUT2D eigenvalue weighted by Gasteiger charge is 2.20. The summed E-state index contributed by atoms with van der Waals surface area (Å²) in [6.45, 7) is 6.60. The normalized spacial score (nSPS) is 13.3. The van der Waals surface area contributed by atoms with Crippen LogP contribution in [0.1, 0.15) is 124 Å². The molecule has 0 aliphatic carbocycles. The molecule has 1 atom stereocenters. The molecule has 0 saturated carbocycles. The van der Waals surface area contributed by atoms with E-state index in [-0.39, 0.29) is 12.5 Å². The highest BCUT2D eigenvalue weighted by molar-refractivity contribution is 7.99. The molecule has 2 N–H and O–H groups in total. The first-order chi connectivity index (χ1) is 14.4. The lowest BCUT2D eigenvalue weighted by atomic mass is 9.99. The Morgan fingerprint density at radius 1 is 0.733 bits per heavy atom. The number of rotatable bonds is 23. The second kappa shape index (κ2) is 21.3. The van der Waals surface area contributed by atoms with Crippen LogP contribution in [0.25, 0.3) is 0 Å². The molecule has 0 aromatic heterocycles. The van der Waals surface area contributed by atoms with Crippen LogP contribution in [0.15, 0.2) is 0 Å². The molecule has 0 radical (unpaired) electrons. The number of unbranched alkanes of at least 4 members (excludes halogenated alkanes) is 15. The first-order valence-corrected chi connectivity index (χ1v) is 15.3. The Kier molecular flexibility index (Phi) is 21.6. The van der Waals surface area contributed by atoms with Gasteiger partial charge in [-0.05, 0) is 29.8 Å². The molecule has 0 aliphatic rings. The monoisotopic (exact) mass is 466 g/mol. The van der Waals surface area contributed by atoms with Gasteiger partial charge in [0.05, 0.1) is 6.61 Å². The second-order valence-electron chi connectivity index (χ2n) is 9.17. The van der Waals surface area contributed by atoms with Gasteiger partial charge in [0, 0.05) is 0 Å². The maximum Gasteiger partial charge on any atom is 0.469 e. The van der Waals surface area contributed by atoms with Crippen molar-refractivity contribution in [1.82, 2.24) is 0 Å². The summed E-state index contributed by atoms with van der Waals surface area (Å²) in [4.78, 5) is 17.7. The van der Waals surface area contributed by atoms with E-state index in [0.29, 0.717) is 5.92 Å². The smallest absolute Gasteiger partial charge is 0.303 e. The summed E-state index contributed by atoms with van der Waals surface area (Å²) in [6.07, 6.45) is 22.3. The Labute approximate surface area is 192 Å². The lowest BCUT2D eigenvalue weighted by molar-refractivity contribution is 0.158. The van der Waals surface area contributed by atoms with Crippen LogP contribution in [0.2, 0.25) is 0 Å². The molecule has 0 saturated heterocycles. The van der Waals surface area contributed by atoms with Gasteiger partial charge in [0.2, 0.25) is 0 Å². The van der Waals surface area contributed by atoms with E-state index < -0.39 is 7.82 Å². The maximum absolute atomic E-state index is 10.9. The Balaban J connectivity index is 3.33. The van der Waals surface area contributed by atoms with E-state index in [4.69, 9.17) is 14.3 Å². The van der Waals surface area contributed by atoms with Gasteiger partial charge >= 0.3 is 7.82 Å². The molecule has 6 heteroatoms. The minimum atomic E-state index is -4.35. The quantitative estimate of drug-likeness (QED) is 0.117.